The minimum absolute atomic E-state index is 0. The van der Waals surface area contributed by atoms with Gasteiger partial charge in [0.25, 0.3) is 0 Å². The average Bonchev–Trinajstić information content (AvgIpc) is 2.49. The van der Waals surface area contributed by atoms with Gasteiger partial charge in [0.1, 0.15) is 5.60 Å². The fraction of sp³-hybridized carbons (Fsp3) is 0.875. The summed E-state index contributed by atoms with van der Waals surface area (Å²) in [6.45, 7) is 9.13. The van der Waals surface area contributed by atoms with Crippen molar-refractivity contribution in [3.05, 3.63) is 0 Å². The van der Waals surface area contributed by atoms with Gasteiger partial charge in [0.05, 0.1) is 0 Å². The lowest BCUT2D eigenvalue weighted by Gasteiger charge is -2.36. The number of halogens is 1. The first-order valence-corrected chi connectivity index (χ1v) is 8.47. The maximum atomic E-state index is 12.0. The number of nitrogens with zero attached hydrogens (tertiary/aromatic N) is 3. The van der Waals surface area contributed by atoms with E-state index in [1.807, 2.05) is 25.7 Å². The summed E-state index contributed by atoms with van der Waals surface area (Å²) in [6, 6.07) is 0. The molecule has 142 valence electrons. The number of guanidine groups is 1. The zero-order valence-electron chi connectivity index (χ0n) is 15.2. The Labute approximate surface area is 162 Å². The Kier molecular flexibility index (Phi) is 11.4. The Morgan fingerprint density at radius 3 is 2.17 bits per heavy atom. The number of carbonyl (C=O) groups excluding carboxylic acids is 1. The molecule has 1 heterocycles. The molecule has 1 aliphatic heterocycles. The first-order valence-electron chi connectivity index (χ1n) is 8.47. The number of rotatable bonds is 6. The molecule has 0 bridgehead atoms. The van der Waals surface area contributed by atoms with Crippen molar-refractivity contribution >= 4 is 36.0 Å². The Morgan fingerprint density at radius 2 is 1.62 bits per heavy atom. The van der Waals surface area contributed by atoms with Crippen molar-refractivity contribution in [1.29, 1.82) is 0 Å². The molecule has 0 aromatic rings. The molecule has 0 spiro atoms. The summed E-state index contributed by atoms with van der Waals surface area (Å²) in [4.78, 5) is 20.1. The van der Waals surface area contributed by atoms with Crippen LogP contribution in [0.1, 0.15) is 46.5 Å². The lowest BCUT2D eigenvalue weighted by atomic mass is 10.2. The molecule has 1 amide bonds. The van der Waals surface area contributed by atoms with Crippen LogP contribution in [-0.2, 0) is 4.74 Å². The minimum atomic E-state index is -0.468. The summed E-state index contributed by atoms with van der Waals surface area (Å²) in [5, 5.41) is 8.71. The first-order chi connectivity index (χ1) is 10.8. The van der Waals surface area contributed by atoms with Gasteiger partial charge in [0.15, 0.2) is 5.96 Å². The number of hydrogen-bond acceptors (Lipinski definition) is 4. The summed E-state index contributed by atoms with van der Waals surface area (Å²) in [5.41, 5.74) is 5.55. The molecular weight excluding hydrogens is 423 g/mol. The molecule has 1 aliphatic rings. The van der Waals surface area contributed by atoms with Crippen LogP contribution in [0, 0.1) is 0 Å². The number of aliphatic hydroxyl groups is 1. The summed E-state index contributed by atoms with van der Waals surface area (Å²) in [7, 11) is 0. The van der Waals surface area contributed by atoms with Crippen LogP contribution in [-0.4, -0.2) is 71.9 Å². The van der Waals surface area contributed by atoms with Gasteiger partial charge < -0.3 is 25.4 Å². The van der Waals surface area contributed by atoms with Crippen molar-refractivity contribution in [3.63, 3.8) is 0 Å². The van der Waals surface area contributed by atoms with Crippen molar-refractivity contribution < 1.29 is 14.6 Å². The van der Waals surface area contributed by atoms with Crippen molar-refractivity contribution in [3.8, 4) is 0 Å². The van der Waals surface area contributed by atoms with Gasteiger partial charge in [-0.25, -0.2) is 4.79 Å². The number of carbonyl (C=O) groups is 1. The molecule has 3 N–H and O–H groups in total. The molecule has 0 aliphatic carbocycles. The lowest BCUT2D eigenvalue weighted by molar-refractivity contribution is 0.0186. The van der Waals surface area contributed by atoms with E-state index >= 15 is 0 Å². The zero-order chi connectivity index (χ0) is 17.3. The molecule has 1 saturated heterocycles. The SMILES string of the molecule is CC(C)(C)OC(=O)N1CCN(C(N)=NCCCCCCO)CC1.I. The van der Waals surface area contributed by atoms with Crippen molar-refractivity contribution in [1.82, 2.24) is 9.80 Å². The highest BCUT2D eigenvalue weighted by atomic mass is 127. The first kappa shape index (κ1) is 23.2. The second kappa shape index (κ2) is 11.7. The standard InChI is InChI=1S/C16H32N4O3.HI/c1-16(2,3)23-15(22)20-11-9-19(10-12-20)14(17)18-8-6-4-5-7-13-21;/h21H,4-13H2,1-3H3,(H2,17,18);1H. The summed E-state index contributed by atoms with van der Waals surface area (Å²) < 4.78 is 5.37. The van der Waals surface area contributed by atoms with E-state index in [1.165, 1.54) is 0 Å². The molecule has 0 aromatic carbocycles. The summed E-state index contributed by atoms with van der Waals surface area (Å²) in [6.07, 6.45) is 3.66. The molecule has 0 radical (unpaired) electrons. The van der Waals surface area contributed by atoms with Crippen LogP contribution in [0.5, 0.6) is 0 Å². The second-order valence-electron chi connectivity index (χ2n) is 6.83. The predicted octanol–water partition coefficient (Wildman–Crippen LogP) is 2.02. The summed E-state index contributed by atoms with van der Waals surface area (Å²) in [5.74, 6) is 0.552. The predicted molar refractivity (Wildman–Crippen MR) is 107 cm³/mol. The largest absolute Gasteiger partial charge is 0.444 e. The van der Waals surface area contributed by atoms with E-state index in [-0.39, 0.29) is 36.7 Å². The molecule has 24 heavy (non-hydrogen) atoms. The number of ether oxygens (including phenoxy) is 1. The minimum Gasteiger partial charge on any atom is -0.444 e. The Bertz CT molecular complexity index is 391. The molecule has 0 atom stereocenters. The van der Waals surface area contributed by atoms with Gasteiger partial charge in [0.2, 0.25) is 0 Å². The smallest absolute Gasteiger partial charge is 0.410 e. The monoisotopic (exact) mass is 456 g/mol. The topological polar surface area (TPSA) is 91.4 Å². The normalized spacial score (nSPS) is 15.9. The van der Waals surface area contributed by atoms with Crippen LogP contribution < -0.4 is 5.73 Å². The maximum absolute atomic E-state index is 12.0. The second-order valence-corrected chi connectivity index (χ2v) is 6.83. The van der Waals surface area contributed by atoms with Crippen LogP contribution in [0.3, 0.4) is 0 Å². The highest BCUT2D eigenvalue weighted by molar-refractivity contribution is 14.0. The number of amides is 1. The quantitative estimate of drug-likeness (QED) is 0.276. The van der Waals surface area contributed by atoms with Crippen molar-refractivity contribution in [2.45, 2.75) is 52.1 Å². The third-order valence-electron chi connectivity index (χ3n) is 3.60. The average molecular weight is 456 g/mol. The molecule has 0 unspecified atom stereocenters. The van der Waals surface area contributed by atoms with Crippen LogP contribution in [0.2, 0.25) is 0 Å². The number of hydrogen-bond donors (Lipinski definition) is 2. The Balaban J connectivity index is 0.00000529. The number of piperazine rings is 1. The lowest BCUT2D eigenvalue weighted by Crippen LogP contribution is -2.53. The zero-order valence-corrected chi connectivity index (χ0v) is 17.5. The van der Waals surface area contributed by atoms with Gasteiger partial charge in [-0.05, 0) is 33.6 Å². The molecule has 0 saturated carbocycles. The van der Waals surface area contributed by atoms with Gasteiger partial charge in [-0.15, -0.1) is 24.0 Å². The summed E-state index contributed by atoms with van der Waals surface area (Å²) >= 11 is 0. The molecule has 1 fully saturated rings. The fourth-order valence-corrected chi connectivity index (χ4v) is 2.32. The molecule has 1 rings (SSSR count). The number of aliphatic imine (C=N–C) groups is 1. The third-order valence-corrected chi connectivity index (χ3v) is 3.60. The van der Waals surface area contributed by atoms with E-state index in [2.05, 4.69) is 4.99 Å². The third kappa shape index (κ3) is 9.51. The van der Waals surface area contributed by atoms with E-state index in [0.717, 1.165) is 25.7 Å². The van der Waals surface area contributed by atoms with E-state index in [0.29, 0.717) is 38.7 Å². The Hall–Kier alpha value is -0.770. The van der Waals surface area contributed by atoms with Crippen molar-refractivity contribution in [2.24, 2.45) is 10.7 Å². The number of nitrogens with two attached hydrogens (primary N) is 1. The van der Waals surface area contributed by atoms with E-state index < -0.39 is 5.60 Å². The maximum Gasteiger partial charge on any atom is 0.410 e. The van der Waals surface area contributed by atoms with E-state index in [4.69, 9.17) is 15.6 Å². The van der Waals surface area contributed by atoms with Crippen LogP contribution in [0.15, 0.2) is 4.99 Å². The molecule has 0 aromatic heterocycles. The molecule has 7 nitrogen and oxygen atoms in total. The van der Waals surface area contributed by atoms with Gasteiger partial charge in [-0.2, -0.15) is 0 Å². The van der Waals surface area contributed by atoms with Gasteiger partial charge in [-0.1, -0.05) is 12.8 Å². The molecule has 8 heteroatoms. The van der Waals surface area contributed by atoms with Crippen LogP contribution in [0.4, 0.5) is 4.79 Å². The van der Waals surface area contributed by atoms with Gasteiger partial charge in [0, 0.05) is 39.3 Å². The van der Waals surface area contributed by atoms with Crippen molar-refractivity contribution in [2.75, 3.05) is 39.3 Å². The molecular formula is C16H33IN4O3. The van der Waals surface area contributed by atoms with Crippen LogP contribution >= 0.6 is 24.0 Å². The van der Waals surface area contributed by atoms with Crippen LogP contribution in [0.25, 0.3) is 0 Å². The van der Waals surface area contributed by atoms with E-state index in [1.54, 1.807) is 4.90 Å². The van der Waals surface area contributed by atoms with E-state index in [9.17, 15) is 4.79 Å². The number of aliphatic hydroxyl groups excluding tert-OH is 1. The highest BCUT2D eigenvalue weighted by Crippen LogP contribution is 2.11. The fourth-order valence-electron chi connectivity index (χ4n) is 2.32. The highest BCUT2D eigenvalue weighted by Gasteiger charge is 2.26. The number of unbranched alkanes of at least 4 members (excludes halogenated alkanes) is 3. The van der Waals surface area contributed by atoms with Gasteiger partial charge >= 0.3 is 6.09 Å². The van der Waals surface area contributed by atoms with Gasteiger partial charge in [-0.3, -0.25) is 4.99 Å². The Morgan fingerprint density at radius 1 is 1.08 bits per heavy atom.